The van der Waals surface area contributed by atoms with Crippen LogP contribution in [-0.2, 0) is 26.1 Å². The fourth-order valence-corrected chi connectivity index (χ4v) is 1.61. The molecular formula is C8H13Cl2OSiTi. The fraction of sp³-hybridized carbons (Fsp3) is 0.500. The Labute approximate surface area is 111 Å². The molecule has 5 heteroatoms. The maximum absolute atomic E-state index is 5.31. The van der Waals surface area contributed by atoms with Crippen molar-refractivity contribution in [3.63, 3.8) is 0 Å². The zero-order chi connectivity index (χ0) is 7.72. The third-order valence-corrected chi connectivity index (χ3v) is 2.60. The van der Waals surface area contributed by atoms with E-state index in [1.54, 1.807) is 0 Å². The molecule has 0 aromatic rings. The summed E-state index contributed by atoms with van der Waals surface area (Å²) in [6.07, 6.45) is 3.43. The molecule has 0 spiro atoms. The van der Waals surface area contributed by atoms with Gasteiger partial charge in [-0.15, -0.1) is 12.5 Å². The average molecular weight is 272 g/mol. The van der Waals surface area contributed by atoms with Gasteiger partial charge in [0, 0.05) is 0 Å². The van der Waals surface area contributed by atoms with Crippen molar-refractivity contribution in [3.05, 3.63) is 22.8 Å². The smallest absolute Gasteiger partial charge is 1.00 e. The molecule has 1 unspecified atom stereocenters. The summed E-state index contributed by atoms with van der Waals surface area (Å²) >= 11 is 0. The van der Waals surface area contributed by atoms with Crippen molar-refractivity contribution in [2.24, 2.45) is 0 Å². The van der Waals surface area contributed by atoms with Crippen LogP contribution in [0.2, 0.25) is 0 Å². The number of hydrogen-bond acceptors (Lipinski definition) is 1. The predicted molar refractivity (Wildman–Crippen MR) is 45.6 cm³/mol. The van der Waals surface area contributed by atoms with Gasteiger partial charge in [0.25, 0.3) is 0 Å². The second-order valence-electron chi connectivity index (χ2n) is 2.69. The molecule has 1 aliphatic carbocycles. The van der Waals surface area contributed by atoms with Gasteiger partial charge < -0.3 is 29.2 Å². The van der Waals surface area contributed by atoms with E-state index in [1.165, 1.54) is 16.7 Å². The predicted octanol–water partition coefficient (Wildman–Crippen LogP) is -5.24. The van der Waals surface area contributed by atoms with Gasteiger partial charge in [0.15, 0.2) is 0 Å². The Kier molecular flexibility index (Phi) is 12.4. The third kappa shape index (κ3) is 4.32. The summed E-state index contributed by atoms with van der Waals surface area (Å²) in [5, 5.41) is 0. The van der Waals surface area contributed by atoms with Gasteiger partial charge in [-0.25, -0.2) is 11.6 Å². The van der Waals surface area contributed by atoms with E-state index in [2.05, 4.69) is 26.8 Å². The van der Waals surface area contributed by atoms with Gasteiger partial charge in [0.1, 0.15) is 10.5 Å². The van der Waals surface area contributed by atoms with E-state index in [-0.39, 0.29) is 52.6 Å². The van der Waals surface area contributed by atoms with Gasteiger partial charge in [0.05, 0.1) is 0 Å². The summed E-state index contributed by atoms with van der Waals surface area (Å²) in [4.78, 5) is 0. The molecule has 0 aromatic heterocycles. The first-order valence-electron chi connectivity index (χ1n) is 3.47. The van der Waals surface area contributed by atoms with Crippen LogP contribution in [0.1, 0.15) is 20.8 Å². The first-order chi connectivity index (χ1) is 4.66. The zero-order valence-electron chi connectivity index (χ0n) is 8.24. The minimum atomic E-state index is 0. The number of halogens is 2. The minimum absolute atomic E-state index is 0. The molecule has 0 fully saturated rings. The molecule has 1 aliphatic rings. The second kappa shape index (κ2) is 8.28. The molecule has 0 aliphatic heterocycles. The van der Waals surface area contributed by atoms with Crippen molar-refractivity contribution in [1.82, 2.24) is 0 Å². The van der Waals surface area contributed by atoms with Crippen molar-refractivity contribution < 1.29 is 51.0 Å². The van der Waals surface area contributed by atoms with Crippen molar-refractivity contribution in [3.8, 4) is 0 Å². The molecule has 1 atom stereocenters. The van der Waals surface area contributed by atoms with Gasteiger partial charge in [-0.1, -0.05) is 13.8 Å². The zero-order valence-corrected chi connectivity index (χ0v) is 13.3. The van der Waals surface area contributed by atoms with Crippen molar-refractivity contribution in [2.45, 2.75) is 26.9 Å². The van der Waals surface area contributed by atoms with Crippen LogP contribution >= 0.6 is 0 Å². The van der Waals surface area contributed by atoms with Crippen molar-refractivity contribution >= 4 is 10.5 Å². The molecule has 1 rings (SSSR count). The topological polar surface area (TPSA) is 9.23 Å². The summed E-state index contributed by atoms with van der Waals surface area (Å²) in [7, 11) is 0.792. The molecule has 0 saturated carbocycles. The maximum Gasteiger partial charge on any atom is 3.00 e. The van der Waals surface area contributed by atoms with E-state index in [9.17, 15) is 0 Å². The standard InChI is InChI=1S/C8H13OSi.2ClH.Ti/c1-5-4-8(9-10)7(3)6(5)2;;;/h8H,1-3,10H3;2*1H;/q-1;;;+3/p-2. The third-order valence-electron chi connectivity index (χ3n) is 2.13. The van der Waals surface area contributed by atoms with Crippen LogP contribution in [0.4, 0.5) is 0 Å². The van der Waals surface area contributed by atoms with Crippen LogP contribution in [0.25, 0.3) is 0 Å². The first kappa shape index (κ1) is 19.5. The van der Waals surface area contributed by atoms with Crippen LogP contribution in [0.15, 0.2) is 16.7 Å². The van der Waals surface area contributed by atoms with Crippen molar-refractivity contribution in [1.29, 1.82) is 0 Å². The Bertz CT molecular complexity index is 216. The van der Waals surface area contributed by atoms with E-state index >= 15 is 0 Å². The SMILES string of the molecule is CC1=[C-]C(O[SiH3])C(C)=C1C.[Cl-].[Cl-].[Ti+3]. The maximum atomic E-state index is 5.31. The van der Waals surface area contributed by atoms with Crippen LogP contribution in [0.3, 0.4) is 0 Å². The molecule has 0 bridgehead atoms. The van der Waals surface area contributed by atoms with Gasteiger partial charge in [-0.2, -0.15) is 5.57 Å². The average Bonchev–Trinajstić information content (AvgIpc) is 2.17. The summed E-state index contributed by atoms with van der Waals surface area (Å²) < 4.78 is 5.31. The van der Waals surface area contributed by atoms with E-state index in [0.717, 1.165) is 10.5 Å². The van der Waals surface area contributed by atoms with Crippen LogP contribution in [-0.4, -0.2) is 16.6 Å². The van der Waals surface area contributed by atoms with Crippen LogP contribution < -0.4 is 24.8 Å². The molecule has 1 radical (unpaired) electrons. The Morgan fingerprint density at radius 2 is 1.69 bits per heavy atom. The van der Waals surface area contributed by atoms with E-state index < -0.39 is 0 Å². The fourth-order valence-electron chi connectivity index (χ4n) is 1.14. The molecule has 0 amide bonds. The normalized spacial score (nSPS) is 19.9. The Hall–Kier alpha value is 0.951. The van der Waals surface area contributed by atoms with Gasteiger partial charge in [-0.05, 0) is 6.10 Å². The minimum Gasteiger partial charge on any atom is -1.00 e. The number of rotatable bonds is 1. The number of allylic oxidation sites excluding steroid dienone is 2. The van der Waals surface area contributed by atoms with Gasteiger partial charge in [0.2, 0.25) is 0 Å². The Balaban J connectivity index is -0.000000333. The summed E-state index contributed by atoms with van der Waals surface area (Å²) in [6.45, 7) is 6.32. The summed E-state index contributed by atoms with van der Waals surface area (Å²) in [5.41, 5.74) is 3.92. The molecule has 0 aromatic carbocycles. The summed E-state index contributed by atoms with van der Waals surface area (Å²) in [6, 6.07) is 0. The van der Waals surface area contributed by atoms with E-state index in [0.29, 0.717) is 0 Å². The molecule has 0 N–H and O–H groups in total. The Morgan fingerprint density at radius 1 is 1.23 bits per heavy atom. The van der Waals surface area contributed by atoms with Crippen LogP contribution in [0.5, 0.6) is 0 Å². The molecule has 1 nitrogen and oxygen atoms in total. The number of hydrogen-bond donors (Lipinski definition) is 0. The van der Waals surface area contributed by atoms with Crippen LogP contribution in [0, 0.1) is 6.08 Å². The second-order valence-corrected chi connectivity index (χ2v) is 3.16. The largest absolute Gasteiger partial charge is 3.00 e. The molecular weight excluding hydrogens is 259 g/mol. The quantitative estimate of drug-likeness (QED) is 0.342. The Morgan fingerprint density at radius 3 is 1.85 bits per heavy atom. The molecule has 13 heavy (non-hydrogen) atoms. The molecule has 0 saturated heterocycles. The molecule has 73 valence electrons. The monoisotopic (exact) mass is 271 g/mol. The van der Waals surface area contributed by atoms with Crippen molar-refractivity contribution in [2.75, 3.05) is 0 Å². The van der Waals surface area contributed by atoms with Gasteiger partial charge in [-0.3, -0.25) is 0 Å². The van der Waals surface area contributed by atoms with E-state index in [4.69, 9.17) is 4.43 Å². The molecule has 0 heterocycles. The summed E-state index contributed by atoms with van der Waals surface area (Å²) in [5.74, 6) is 0. The first-order valence-corrected chi connectivity index (χ1v) is 4.29. The van der Waals surface area contributed by atoms with Gasteiger partial charge >= 0.3 is 21.7 Å². The van der Waals surface area contributed by atoms with E-state index in [1.807, 2.05) is 0 Å².